The van der Waals surface area contributed by atoms with Gasteiger partial charge in [-0.2, -0.15) is 5.10 Å². The highest BCUT2D eigenvalue weighted by Crippen LogP contribution is 2.18. The van der Waals surface area contributed by atoms with Gasteiger partial charge in [-0.1, -0.05) is 12.1 Å². The van der Waals surface area contributed by atoms with Crippen molar-refractivity contribution >= 4 is 17.5 Å². The summed E-state index contributed by atoms with van der Waals surface area (Å²) in [6.07, 6.45) is 1.24. The van der Waals surface area contributed by atoms with Gasteiger partial charge in [0.05, 0.1) is 6.42 Å². The average molecular weight is 382 g/mol. The van der Waals surface area contributed by atoms with E-state index in [2.05, 4.69) is 32.8 Å². The molecule has 0 aliphatic carbocycles. The van der Waals surface area contributed by atoms with Crippen LogP contribution in [0, 0.1) is 0 Å². The fourth-order valence-electron chi connectivity index (χ4n) is 3.65. The maximum Gasteiger partial charge on any atom is 0.276 e. The number of rotatable bonds is 4. The molecular formula is C20H26N6O2. The van der Waals surface area contributed by atoms with Gasteiger partial charge in [0.15, 0.2) is 5.69 Å². The first-order chi connectivity index (χ1) is 13.6. The van der Waals surface area contributed by atoms with Crippen LogP contribution < -0.4 is 10.6 Å². The third kappa shape index (κ3) is 4.07. The van der Waals surface area contributed by atoms with Crippen molar-refractivity contribution in [3.8, 4) is 0 Å². The van der Waals surface area contributed by atoms with Crippen LogP contribution in [0.5, 0.6) is 0 Å². The Morgan fingerprint density at radius 1 is 1.14 bits per heavy atom. The van der Waals surface area contributed by atoms with E-state index in [9.17, 15) is 9.59 Å². The molecule has 0 spiro atoms. The van der Waals surface area contributed by atoms with Crippen molar-refractivity contribution < 1.29 is 9.59 Å². The first-order valence-corrected chi connectivity index (χ1v) is 9.73. The summed E-state index contributed by atoms with van der Waals surface area (Å²) in [5.41, 5.74) is 4.06. The van der Waals surface area contributed by atoms with Crippen LogP contribution in [0.2, 0.25) is 0 Å². The summed E-state index contributed by atoms with van der Waals surface area (Å²) in [6.45, 7) is 4.96. The van der Waals surface area contributed by atoms with Crippen molar-refractivity contribution in [3.05, 3.63) is 46.8 Å². The number of nitrogens with one attached hydrogen (secondary N) is 3. The topological polar surface area (TPSA) is 93.4 Å². The molecule has 2 amide bonds. The first kappa shape index (κ1) is 18.6. The second kappa shape index (κ2) is 8.12. The Balaban J connectivity index is 1.35. The highest BCUT2D eigenvalue weighted by molar-refractivity contribution is 6.04. The van der Waals surface area contributed by atoms with Gasteiger partial charge < -0.3 is 20.4 Å². The summed E-state index contributed by atoms with van der Waals surface area (Å²) in [7, 11) is 2.07. The SMILES string of the molecule is CN1CCN(C(=O)Cc2ccc(NC(=O)c3n[nH]c4c3CNCC4)cc2)CC1. The fourth-order valence-corrected chi connectivity index (χ4v) is 3.65. The number of likely N-dealkylation sites (N-methyl/N-ethyl adjacent to an activating group) is 1. The average Bonchev–Trinajstić information content (AvgIpc) is 3.14. The lowest BCUT2D eigenvalue weighted by atomic mass is 10.1. The van der Waals surface area contributed by atoms with Gasteiger partial charge in [-0.05, 0) is 24.7 Å². The van der Waals surface area contributed by atoms with Crippen molar-refractivity contribution in [2.75, 3.05) is 45.1 Å². The van der Waals surface area contributed by atoms with Crippen LogP contribution in [0.3, 0.4) is 0 Å². The number of fused-ring (bicyclic) bond motifs is 1. The lowest BCUT2D eigenvalue weighted by molar-refractivity contribution is -0.132. The molecule has 8 nitrogen and oxygen atoms in total. The van der Waals surface area contributed by atoms with Gasteiger partial charge in [-0.3, -0.25) is 14.7 Å². The molecule has 8 heteroatoms. The molecule has 3 N–H and O–H groups in total. The number of aromatic amines is 1. The summed E-state index contributed by atoms with van der Waals surface area (Å²) in [5, 5.41) is 13.3. The molecule has 1 aromatic carbocycles. The van der Waals surface area contributed by atoms with E-state index in [1.165, 1.54) is 0 Å². The third-order valence-corrected chi connectivity index (χ3v) is 5.44. The lowest BCUT2D eigenvalue weighted by Gasteiger charge is -2.32. The van der Waals surface area contributed by atoms with Crippen molar-refractivity contribution in [1.29, 1.82) is 0 Å². The number of piperazine rings is 1. The molecule has 1 saturated heterocycles. The number of anilines is 1. The van der Waals surface area contributed by atoms with Crippen molar-refractivity contribution in [2.24, 2.45) is 0 Å². The Bertz CT molecular complexity index is 852. The Morgan fingerprint density at radius 2 is 1.89 bits per heavy atom. The second-order valence-corrected chi connectivity index (χ2v) is 7.47. The van der Waals surface area contributed by atoms with Gasteiger partial charge in [-0.15, -0.1) is 0 Å². The highest BCUT2D eigenvalue weighted by atomic mass is 16.2. The molecule has 2 aromatic rings. The second-order valence-electron chi connectivity index (χ2n) is 7.47. The van der Waals surface area contributed by atoms with Crippen molar-refractivity contribution in [1.82, 2.24) is 25.3 Å². The minimum absolute atomic E-state index is 0.153. The zero-order valence-corrected chi connectivity index (χ0v) is 16.1. The minimum atomic E-state index is -0.220. The molecule has 4 rings (SSSR count). The van der Waals surface area contributed by atoms with E-state index in [0.29, 0.717) is 24.3 Å². The number of aromatic nitrogens is 2. The van der Waals surface area contributed by atoms with Crippen molar-refractivity contribution in [3.63, 3.8) is 0 Å². The Labute approximate surface area is 164 Å². The predicted octanol–water partition coefficient (Wildman–Crippen LogP) is 0.624. The van der Waals surface area contributed by atoms with E-state index in [1.807, 2.05) is 29.2 Å². The molecule has 1 aromatic heterocycles. The monoisotopic (exact) mass is 382 g/mol. The van der Waals surface area contributed by atoms with Gasteiger partial charge in [0.25, 0.3) is 5.91 Å². The standard InChI is InChI=1S/C20H26N6O2/c1-25-8-10-26(11-9-25)18(27)12-14-2-4-15(5-3-14)22-20(28)19-16-13-21-7-6-17(16)23-24-19/h2-5,21H,6-13H2,1H3,(H,22,28)(H,23,24). The summed E-state index contributed by atoms with van der Waals surface area (Å²) >= 11 is 0. The van der Waals surface area contributed by atoms with Crippen LogP contribution in [0.1, 0.15) is 27.3 Å². The molecule has 0 bridgehead atoms. The maximum atomic E-state index is 12.6. The number of hydrogen-bond donors (Lipinski definition) is 3. The molecule has 2 aliphatic rings. The third-order valence-electron chi connectivity index (χ3n) is 5.44. The summed E-state index contributed by atoms with van der Waals surface area (Å²) < 4.78 is 0. The highest BCUT2D eigenvalue weighted by Gasteiger charge is 2.22. The van der Waals surface area contributed by atoms with E-state index in [-0.39, 0.29) is 11.8 Å². The summed E-state index contributed by atoms with van der Waals surface area (Å²) in [6, 6.07) is 7.46. The predicted molar refractivity (Wildman–Crippen MR) is 106 cm³/mol. The van der Waals surface area contributed by atoms with Gasteiger partial charge in [-0.25, -0.2) is 0 Å². The number of benzene rings is 1. The largest absolute Gasteiger partial charge is 0.340 e. The van der Waals surface area contributed by atoms with Gasteiger partial charge in [0.2, 0.25) is 5.91 Å². The van der Waals surface area contributed by atoms with E-state index < -0.39 is 0 Å². The van der Waals surface area contributed by atoms with E-state index in [0.717, 1.165) is 56.0 Å². The van der Waals surface area contributed by atoms with Gasteiger partial charge in [0, 0.05) is 62.6 Å². The molecule has 2 aliphatic heterocycles. The van der Waals surface area contributed by atoms with Crippen LogP contribution in [0.25, 0.3) is 0 Å². The van der Waals surface area contributed by atoms with E-state index >= 15 is 0 Å². The van der Waals surface area contributed by atoms with E-state index in [1.54, 1.807) is 0 Å². The smallest absolute Gasteiger partial charge is 0.276 e. The van der Waals surface area contributed by atoms with Crippen molar-refractivity contribution in [2.45, 2.75) is 19.4 Å². The quantitative estimate of drug-likeness (QED) is 0.721. The summed E-state index contributed by atoms with van der Waals surface area (Å²) in [4.78, 5) is 29.2. The molecule has 1 fully saturated rings. The number of amides is 2. The lowest BCUT2D eigenvalue weighted by Crippen LogP contribution is -2.47. The zero-order chi connectivity index (χ0) is 19.5. The molecule has 0 radical (unpaired) electrons. The van der Waals surface area contributed by atoms with Crippen LogP contribution in [-0.2, 0) is 24.2 Å². The minimum Gasteiger partial charge on any atom is -0.340 e. The number of nitrogens with zero attached hydrogens (tertiary/aromatic N) is 3. The Morgan fingerprint density at radius 3 is 2.64 bits per heavy atom. The number of H-pyrrole nitrogens is 1. The van der Waals surface area contributed by atoms with Gasteiger partial charge in [0.1, 0.15) is 0 Å². The molecule has 148 valence electrons. The fraction of sp³-hybridized carbons (Fsp3) is 0.450. The normalized spacial score (nSPS) is 17.2. The molecule has 28 heavy (non-hydrogen) atoms. The molecule has 0 unspecified atom stereocenters. The van der Waals surface area contributed by atoms with E-state index in [4.69, 9.17) is 0 Å². The number of carbonyl (C=O) groups is 2. The molecule has 3 heterocycles. The molecule has 0 atom stereocenters. The molecule has 0 saturated carbocycles. The number of carbonyl (C=O) groups excluding carboxylic acids is 2. The maximum absolute atomic E-state index is 12.6. The Hall–Kier alpha value is -2.71. The van der Waals surface area contributed by atoms with Crippen LogP contribution >= 0.6 is 0 Å². The first-order valence-electron chi connectivity index (χ1n) is 9.73. The van der Waals surface area contributed by atoms with Crippen LogP contribution in [-0.4, -0.2) is 71.6 Å². The molecular weight excluding hydrogens is 356 g/mol. The van der Waals surface area contributed by atoms with Crippen LogP contribution in [0.15, 0.2) is 24.3 Å². The van der Waals surface area contributed by atoms with Gasteiger partial charge >= 0.3 is 0 Å². The number of hydrogen-bond acceptors (Lipinski definition) is 5. The summed E-state index contributed by atoms with van der Waals surface area (Å²) in [5.74, 6) is -0.0667. The zero-order valence-electron chi connectivity index (χ0n) is 16.1. The Kier molecular flexibility index (Phi) is 5.40. The van der Waals surface area contributed by atoms with Crippen LogP contribution in [0.4, 0.5) is 5.69 Å².